The molecule has 1 aliphatic heterocycles. The summed E-state index contributed by atoms with van der Waals surface area (Å²) in [7, 11) is 0. The second-order valence-electron chi connectivity index (χ2n) is 7.62. The zero-order valence-corrected chi connectivity index (χ0v) is 17.0. The van der Waals surface area contributed by atoms with Gasteiger partial charge in [-0.3, -0.25) is 9.59 Å². The molecular weight excluding hydrogens is 409 g/mol. The van der Waals surface area contributed by atoms with Crippen molar-refractivity contribution in [3.05, 3.63) is 71.3 Å². The first kappa shape index (κ1) is 22.8. The lowest BCUT2D eigenvalue weighted by Gasteiger charge is -2.16. The van der Waals surface area contributed by atoms with Gasteiger partial charge < -0.3 is 15.0 Å². The Bertz CT molecular complexity index is 870. The molecule has 1 unspecified atom stereocenters. The second-order valence-corrected chi connectivity index (χ2v) is 7.62. The maximum atomic E-state index is 12.5. The SMILES string of the molecule is O=C(NCc1ccc(COCC(F)(F)F)cc1)C1CC(=O)N(CCc2ccccc2)C1. The molecule has 0 aliphatic carbocycles. The van der Waals surface area contributed by atoms with E-state index in [-0.39, 0.29) is 37.3 Å². The molecular formula is C23H25F3N2O3. The van der Waals surface area contributed by atoms with Crippen LogP contribution < -0.4 is 5.32 Å². The van der Waals surface area contributed by atoms with Crippen LogP contribution in [0.1, 0.15) is 23.1 Å². The summed E-state index contributed by atoms with van der Waals surface area (Å²) in [4.78, 5) is 26.4. The van der Waals surface area contributed by atoms with Gasteiger partial charge in [0.25, 0.3) is 0 Å². The Labute approximate surface area is 179 Å². The normalized spacial score (nSPS) is 16.5. The van der Waals surface area contributed by atoms with Gasteiger partial charge in [-0.25, -0.2) is 0 Å². The zero-order chi connectivity index (χ0) is 22.3. The molecule has 0 bridgehead atoms. The van der Waals surface area contributed by atoms with E-state index in [1.54, 1.807) is 29.2 Å². The minimum absolute atomic E-state index is 0.0145. The molecule has 8 heteroatoms. The van der Waals surface area contributed by atoms with Crippen molar-refractivity contribution in [1.82, 2.24) is 10.2 Å². The number of nitrogens with one attached hydrogen (secondary N) is 1. The Balaban J connectivity index is 1.40. The lowest BCUT2D eigenvalue weighted by molar-refractivity contribution is -0.176. The highest BCUT2D eigenvalue weighted by molar-refractivity contribution is 5.89. The average Bonchev–Trinajstić information content (AvgIpc) is 3.12. The molecule has 1 aliphatic rings. The number of nitrogens with zero attached hydrogens (tertiary/aromatic N) is 1. The van der Waals surface area contributed by atoms with Crippen molar-refractivity contribution in [3.63, 3.8) is 0 Å². The highest BCUT2D eigenvalue weighted by atomic mass is 19.4. The van der Waals surface area contributed by atoms with Crippen LogP contribution in [-0.4, -0.2) is 42.6 Å². The molecule has 1 saturated heterocycles. The number of carbonyl (C=O) groups excluding carboxylic acids is 2. The number of amides is 2. The van der Waals surface area contributed by atoms with E-state index < -0.39 is 12.8 Å². The fourth-order valence-corrected chi connectivity index (χ4v) is 3.44. The van der Waals surface area contributed by atoms with Crippen molar-refractivity contribution in [2.45, 2.75) is 32.2 Å². The predicted octanol–water partition coefficient (Wildman–Crippen LogP) is 3.47. The van der Waals surface area contributed by atoms with Gasteiger partial charge in [0, 0.05) is 26.1 Å². The molecule has 0 saturated carbocycles. The molecule has 0 spiro atoms. The smallest absolute Gasteiger partial charge is 0.367 e. The topological polar surface area (TPSA) is 58.6 Å². The van der Waals surface area contributed by atoms with E-state index in [4.69, 9.17) is 0 Å². The summed E-state index contributed by atoms with van der Waals surface area (Å²) in [5.74, 6) is -0.564. The van der Waals surface area contributed by atoms with Gasteiger partial charge in [-0.15, -0.1) is 0 Å². The van der Waals surface area contributed by atoms with E-state index in [2.05, 4.69) is 10.1 Å². The third-order valence-electron chi connectivity index (χ3n) is 5.12. The Morgan fingerprint density at radius 1 is 1.03 bits per heavy atom. The Kier molecular flexibility index (Phi) is 7.68. The third kappa shape index (κ3) is 7.40. The number of hydrogen-bond acceptors (Lipinski definition) is 3. The fourth-order valence-electron chi connectivity index (χ4n) is 3.44. The van der Waals surface area contributed by atoms with E-state index in [0.717, 1.165) is 17.5 Å². The van der Waals surface area contributed by atoms with Crippen LogP contribution in [0.5, 0.6) is 0 Å². The van der Waals surface area contributed by atoms with Crippen molar-refractivity contribution in [2.24, 2.45) is 5.92 Å². The van der Waals surface area contributed by atoms with Gasteiger partial charge in [0.05, 0.1) is 12.5 Å². The van der Waals surface area contributed by atoms with E-state index in [9.17, 15) is 22.8 Å². The molecule has 31 heavy (non-hydrogen) atoms. The lowest BCUT2D eigenvalue weighted by atomic mass is 10.1. The number of likely N-dealkylation sites (tertiary alicyclic amines) is 1. The summed E-state index contributed by atoms with van der Waals surface area (Å²) in [6, 6.07) is 16.7. The Hall–Kier alpha value is -2.87. The van der Waals surface area contributed by atoms with Gasteiger partial charge in [0.1, 0.15) is 6.61 Å². The van der Waals surface area contributed by atoms with E-state index in [0.29, 0.717) is 18.7 Å². The molecule has 2 aromatic rings. The van der Waals surface area contributed by atoms with E-state index >= 15 is 0 Å². The molecule has 3 rings (SSSR count). The van der Waals surface area contributed by atoms with Crippen molar-refractivity contribution in [1.29, 1.82) is 0 Å². The first-order valence-electron chi connectivity index (χ1n) is 10.1. The van der Waals surface area contributed by atoms with Gasteiger partial charge >= 0.3 is 6.18 Å². The summed E-state index contributed by atoms with van der Waals surface area (Å²) in [6.45, 7) is -0.128. The van der Waals surface area contributed by atoms with Crippen LogP contribution in [-0.2, 0) is 33.9 Å². The number of carbonyl (C=O) groups is 2. The molecule has 166 valence electrons. The first-order valence-corrected chi connectivity index (χ1v) is 10.1. The highest BCUT2D eigenvalue weighted by Crippen LogP contribution is 2.19. The molecule has 2 amide bonds. The monoisotopic (exact) mass is 434 g/mol. The number of ether oxygens (including phenoxy) is 1. The van der Waals surface area contributed by atoms with E-state index in [1.807, 2.05) is 30.3 Å². The van der Waals surface area contributed by atoms with Gasteiger partial charge in [-0.1, -0.05) is 54.6 Å². The minimum Gasteiger partial charge on any atom is -0.367 e. The van der Waals surface area contributed by atoms with E-state index in [1.165, 1.54) is 0 Å². The maximum absolute atomic E-state index is 12.5. The summed E-state index contributed by atoms with van der Waals surface area (Å²) < 4.78 is 40.9. The van der Waals surface area contributed by atoms with Crippen LogP contribution in [0, 0.1) is 5.92 Å². The van der Waals surface area contributed by atoms with Crippen molar-refractivity contribution >= 4 is 11.8 Å². The number of halogens is 3. The van der Waals surface area contributed by atoms with Crippen LogP contribution in [0.2, 0.25) is 0 Å². The van der Waals surface area contributed by atoms with Crippen LogP contribution in [0.4, 0.5) is 13.2 Å². The molecule has 1 atom stereocenters. The first-order chi connectivity index (χ1) is 14.8. The van der Waals surface area contributed by atoms with Crippen molar-refractivity contribution in [2.75, 3.05) is 19.7 Å². The summed E-state index contributed by atoms with van der Waals surface area (Å²) in [5, 5.41) is 2.84. The van der Waals surface area contributed by atoms with Crippen LogP contribution >= 0.6 is 0 Å². The molecule has 1 fully saturated rings. The molecule has 0 aromatic heterocycles. The number of benzene rings is 2. The summed E-state index contributed by atoms with van der Waals surface area (Å²) in [6.07, 6.45) is -3.39. The van der Waals surface area contributed by atoms with Crippen LogP contribution in [0.3, 0.4) is 0 Å². The van der Waals surface area contributed by atoms with Gasteiger partial charge in [0.2, 0.25) is 11.8 Å². The van der Waals surface area contributed by atoms with Gasteiger partial charge in [-0.05, 0) is 23.1 Å². The van der Waals surface area contributed by atoms with Crippen molar-refractivity contribution < 1.29 is 27.5 Å². The average molecular weight is 434 g/mol. The third-order valence-corrected chi connectivity index (χ3v) is 5.12. The van der Waals surface area contributed by atoms with Gasteiger partial charge in [-0.2, -0.15) is 13.2 Å². The Morgan fingerprint density at radius 2 is 1.71 bits per heavy atom. The fraction of sp³-hybridized carbons (Fsp3) is 0.391. The Morgan fingerprint density at radius 3 is 2.39 bits per heavy atom. The van der Waals surface area contributed by atoms with Crippen LogP contribution in [0.15, 0.2) is 54.6 Å². The molecule has 2 aromatic carbocycles. The summed E-state index contributed by atoms with van der Waals surface area (Å²) >= 11 is 0. The number of rotatable bonds is 9. The minimum atomic E-state index is -4.34. The highest BCUT2D eigenvalue weighted by Gasteiger charge is 2.33. The number of alkyl halides is 3. The molecule has 1 heterocycles. The number of hydrogen-bond donors (Lipinski definition) is 1. The molecule has 5 nitrogen and oxygen atoms in total. The summed E-state index contributed by atoms with van der Waals surface area (Å²) in [5.41, 5.74) is 2.59. The maximum Gasteiger partial charge on any atom is 0.411 e. The van der Waals surface area contributed by atoms with Crippen molar-refractivity contribution in [3.8, 4) is 0 Å². The zero-order valence-electron chi connectivity index (χ0n) is 17.0. The molecule has 1 N–H and O–H groups in total. The quantitative estimate of drug-likeness (QED) is 0.658. The molecule has 0 radical (unpaired) electrons. The predicted molar refractivity (Wildman–Crippen MR) is 109 cm³/mol. The lowest BCUT2D eigenvalue weighted by Crippen LogP contribution is -2.33. The standard InChI is InChI=1S/C23H25F3N2O3/c24-23(25,26)16-31-15-19-8-6-18(7-9-19)13-27-22(30)20-12-21(29)28(14-20)11-10-17-4-2-1-3-5-17/h1-9,20H,10-16H2,(H,27,30). The van der Waals surface area contributed by atoms with Gasteiger partial charge in [0.15, 0.2) is 0 Å². The second kappa shape index (κ2) is 10.4. The largest absolute Gasteiger partial charge is 0.411 e. The van der Waals surface area contributed by atoms with Crippen LogP contribution in [0.25, 0.3) is 0 Å².